The maximum atomic E-state index is 11.0. The summed E-state index contributed by atoms with van der Waals surface area (Å²) in [7, 11) is 0. The SMILES string of the molecule is O=C(O)C[C@H](NCc1ccc(-n2cncn2)cc1)c1ccsc1. The average Bonchev–Trinajstić information content (AvgIpc) is 3.24. The molecule has 0 fully saturated rings. The number of nitrogens with one attached hydrogen (secondary N) is 1. The van der Waals surface area contributed by atoms with Crippen LogP contribution in [-0.4, -0.2) is 25.8 Å². The van der Waals surface area contributed by atoms with Crippen molar-refractivity contribution in [3.8, 4) is 5.69 Å². The van der Waals surface area contributed by atoms with Crippen molar-refractivity contribution >= 4 is 17.3 Å². The van der Waals surface area contributed by atoms with Gasteiger partial charge in [-0.25, -0.2) is 9.67 Å². The number of thiophene rings is 1. The third-order valence-electron chi connectivity index (χ3n) is 3.50. The van der Waals surface area contributed by atoms with Crippen LogP contribution in [0.1, 0.15) is 23.6 Å². The van der Waals surface area contributed by atoms with Gasteiger partial charge in [0.1, 0.15) is 12.7 Å². The van der Waals surface area contributed by atoms with Gasteiger partial charge in [0, 0.05) is 12.6 Å². The summed E-state index contributed by atoms with van der Waals surface area (Å²) in [5.74, 6) is -0.810. The molecule has 7 heteroatoms. The van der Waals surface area contributed by atoms with Gasteiger partial charge in [0.15, 0.2) is 0 Å². The summed E-state index contributed by atoms with van der Waals surface area (Å²) >= 11 is 1.57. The van der Waals surface area contributed by atoms with Crippen LogP contribution in [0.15, 0.2) is 53.7 Å². The summed E-state index contributed by atoms with van der Waals surface area (Å²) in [6.07, 6.45) is 3.20. The molecule has 2 heterocycles. The highest BCUT2D eigenvalue weighted by molar-refractivity contribution is 7.07. The van der Waals surface area contributed by atoms with Gasteiger partial charge in [-0.05, 0) is 40.1 Å². The highest BCUT2D eigenvalue weighted by atomic mass is 32.1. The normalized spacial score (nSPS) is 12.2. The van der Waals surface area contributed by atoms with E-state index in [9.17, 15) is 4.79 Å². The molecule has 118 valence electrons. The second-order valence-electron chi connectivity index (χ2n) is 5.09. The molecule has 2 N–H and O–H groups in total. The average molecular weight is 328 g/mol. The fourth-order valence-corrected chi connectivity index (χ4v) is 3.02. The van der Waals surface area contributed by atoms with Crippen molar-refractivity contribution in [2.75, 3.05) is 0 Å². The number of rotatable bonds is 7. The zero-order chi connectivity index (χ0) is 16.1. The van der Waals surface area contributed by atoms with E-state index in [0.717, 1.165) is 16.8 Å². The predicted octanol–water partition coefficient (Wildman–Crippen LogP) is 2.63. The molecule has 1 aromatic carbocycles. The molecule has 0 unspecified atom stereocenters. The van der Waals surface area contributed by atoms with Crippen molar-refractivity contribution in [3.63, 3.8) is 0 Å². The van der Waals surface area contributed by atoms with Gasteiger partial charge in [-0.15, -0.1) is 0 Å². The molecule has 3 rings (SSSR count). The fourth-order valence-electron chi connectivity index (χ4n) is 2.30. The van der Waals surface area contributed by atoms with Gasteiger partial charge in [0.05, 0.1) is 12.1 Å². The highest BCUT2D eigenvalue weighted by Crippen LogP contribution is 2.20. The Morgan fingerprint density at radius 3 is 2.74 bits per heavy atom. The Morgan fingerprint density at radius 1 is 1.30 bits per heavy atom. The lowest BCUT2D eigenvalue weighted by Crippen LogP contribution is -2.23. The van der Waals surface area contributed by atoms with E-state index < -0.39 is 5.97 Å². The predicted molar refractivity (Wildman–Crippen MR) is 87.5 cm³/mol. The van der Waals surface area contributed by atoms with E-state index in [2.05, 4.69) is 15.4 Å². The summed E-state index contributed by atoms with van der Waals surface area (Å²) in [4.78, 5) is 15.0. The van der Waals surface area contributed by atoms with Crippen LogP contribution in [-0.2, 0) is 11.3 Å². The third kappa shape index (κ3) is 4.02. The maximum Gasteiger partial charge on any atom is 0.305 e. The molecule has 0 radical (unpaired) electrons. The van der Waals surface area contributed by atoms with Crippen molar-refractivity contribution in [1.29, 1.82) is 0 Å². The minimum absolute atomic E-state index is 0.0633. The molecule has 0 aliphatic rings. The molecule has 0 aliphatic heterocycles. The molecule has 0 amide bonds. The van der Waals surface area contributed by atoms with Crippen LogP contribution in [0, 0.1) is 0 Å². The van der Waals surface area contributed by atoms with Gasteiger partial charge in [-0.1, -0.05) is 12.1 Å². The lowest BCUT2D eigenvalue weighted by Gasteiger charge is -2.16. The Bertz CT molecular complexity index is 739. The van der Waals surface area contributed by atoms with Gasteiger partial charge in [-0.3, -0.25) is 4.79 Å². The number of carboxylic acid groups (broad SMARTS) is 1. The molecule has 0 aliphatic carbocycles. The van der Waals surface area contributed by atoms with Gasteiger partial charge in [0.25, 0.3) is 0 Å². The number of nitrogens with zero attached hydrogens (tertiary/aromatic N) is 3. The Hall–Kier alpha value is -2.51. The van der Waals surface area contributed by atoms with Crippen molar-refractivity contribution in [2.24, 2.45) is 0 Å². The maximum absolute atomic E-state index is 11.0. The van der Waals surface area contributed by atoms with E-state index in [1.54, 1.807) is 22.3 Å². The molecular weight excluding hydrogens is 312 g/mol. The lowest BCUT2D eigenvalue weighted by atomic mass is 10.1. The van der Waals surface area contributed by atoms with Crippen molar-refractivity contribution in [1.82, 2.24) is 20.1 Å². The van der Waals surface area contributed by atoms with Gasteiger partial charge >= 0.3 is 5.97 Å². The van der Waals surface area contributed by atoms with Crippen LogP contribution in [0.5, 0.6) is 0 Å². The van der Waals surface area contributed by atoms with E-state index in [-0.39, 0.29) is 12.5 Å². The molecule has 0 saturated heterocycles. The van der Waals surface area contributed by atoms with Crippen LogP contribution in [0.2, 0.25) is 0 Å². The first-order valence-corrected chi connectivity index (χ1v) is 8.08. The number of aromatic nitrogens is 3. The summed E-state index contributed by atoms with van der Waals surface area (Å²) < 4.78 is 1.69. The monoisotopic (exact) mass is 328 g/mol. The lowest BCUT2D eigenvalue weighted by molar-refractivity contribution is -0.137. The number of benzene rings is 1. The first-order chi connectivity index (χ1) is 11.2. The van der Waals surface area contributed by atoms with Crippen LogP contribution >= 0.6 is 11.3 Å². The number of aliphatic carboxylic acids is 1. The second-order valence-corrected chi connectivity index (χ2v) is 5.87. The molecule has 23 heavy (non-hydrogen) atoms. The number of hydrogen-bond donors (Lipinski definition) is 2. The Balaban J connectivity index is 1.65. The standard InChI is InChI=1S/C16H16N4O2S/c21-16(22)7-15(13-5-6-23-9-13)18-8-12-1-3-14(4-2-12)20-11-17-10-19-20/h1-6,9-11,15,18H,7-8H2,(H,21,22)/t15-/m0/s1. The molecule has 0 bridgehead atoms. The highest BCUT2D eigenvalue weighted by Gasteiger charge is 2.15. The van der Waals surface area contributed by atoms with Crippen LogP contribution in [0.4, 0.5) is 0 Å². The Morgan fingerprint density at radius 2 is 2.13 bits per heavy atom. The van der Waals surface area contributed by atoms with Crippen LogP contribution in [0.25, 0.3) is 5.69 Å². The number of carbonyl (C=O) groups is 1. The van der Waals surface area contributed by atoms with E-state index in [0.29, 0.717) is 6.54 Å². The van der Waals surface area contributed by atoms with Gasteiger partial charge in [-0.2, -0.15) is 16.4 Å². The van der Waals surface area contributed by atoms with Crippen molar-refractivity contribution < 1.29 is 9.90 Å². The number of carboxylic acids is 1. The largest absolute Gasteiger partial charge is 0.481 e. The smallest absolute Gasteiger partial charge is 0.305 e. The number of hydrogen-bond acceptors (Lipinski definition) is 5. The Kier molecular flexibility index (Phi) is 4.80. The minimum Gasteiger partial charge on any atom is -0.481 e. The summed E-state index contributed by atoms with van der Waals surface area (Å²) in [6, 6.07) is 9.68. The first-order valence-electron chi connectivity index (χ1n) is 7.13. The molecule has 6 nitrogen and oxygen atoms in total. The topological polar surface area (TPSA) is 80.0 Å². The van der Waals surface area contributed by atoms with E-state index in [4.69, 9.17) is 5.11 Å². The van der Waals surface area contributed by atoms with Crippen molar-refractivity contribution in [2.45, 2.75) is 19.0 Å². The minimum atomic E-state index is -0.810. The molecule has 1 atom stereocenters. The summed E-state index contributed by atoms with van der Waals surface area (Å²) in [6.45, 7) is 0.603. The third-order valence-corrected chi connectivity index (χ3v) is 4.20. The zero-order valence-corrected chi connectivity index (χ0v) is 13.1. The second kappa shape index (κ2) is 7.17. The van der Waals surface area contributed by atoms with Gasteiger partial charge in [0.2, 0.25) is 0 Å². The first kappa shape index (κ1) is 15.4. The fraction of sp³-hybridized carbons (Fsp3) is 0.188. The van der Waals surface area contributed by atoms with E-state index in [1.807, 2.05) is 41.1 Å². The Labute approximate surface area is 137 Å². The molecule has 0 saturated carbocycles. The van der Waals surface area contributed by atoms with Crippen LogP contribution < -0.4 is 5.32 Å². The summed E-state index contributed by atoms with van der Waals surface area (Å²) in [5.41, 5.74) is 3.03. The molecule has 2 aromatic heterocycles. The molecule has 3 aromatic rings. The summed E-state index contributed by atoms with van der Waals surface area (Å²) in [5, 5.41) is 20.4. The zero-order valence-electron chi connectivity index (χ0n) is 12.3. The van der Waals surface area contributed by atoms with E-state index >= 15 is 0 Å². The molecular formula is C16H16N4O2S. The van der Waals surface area contributed by atoms with Crippen molar-refractivity contribution in [3.05, 3.63) is 64.9 Å². The molecule has 0 spiro atoms. The quantitative estimate of drug-likeness (QED) is 0.697. The van der Waals surface area contributed by atoms with E-state index in [1.165, 1.54) is 6.33 Å². The van der Waals surface area contributed by atoms with Crippen LogP contribution in [0.3, 0.4) is 0 Å². The van der Waals surface area contributed by atoms with Gasteiger partial charge < -0.3 is 10.4 Å².